The monoisotopic (exact) mass is 353 g/mol. The molecule has 24 heavy (non-hydrogen) atoms. The molecular weight excluding hydrogens is 322 g/mol. The number of likely N-dealkylation sites (tertiary alicyclic amines) is 1. The maximum atomic E-state index is 13.0. The van der Waals surface area contributed by atoms with Gasteiger partial charge in [-0.15, -0.1) is 12.4 Å². The van der Waals surface area contributed by atoms with E-state index < -0.39 is 0 Å². The third-order valence-electron chi connectivity index (χ3n) is 5.85. The lowest BCUT2D eigenvalue weighted by molar-refractivity contribution is 0.0706. The first-order chi connectivity index (χ1) is 11.1. The number of amides is 1. The number of halogens is 1. The van der Waals surface area contributed by atoms with Crippen LogP contribution in [-0.2, 0) is 0 Å². The first-order valence-corrected chi connectivity index (χ1v) is 9.26. The number of hydrogen-bond acceptors (Lipinski definition) is 2. The van der Waals surface area contributed by atoms with Crippen LogP contribution in [-0.4, -0.2) is 41.6 Å². The Kier molecular flexibility index (Phi) is 6.76. The van der Waals surface area contributed by atoms with Crippen LogP contribution in [0.25, 0.3) is 0 Å². The molecule has 1 saturated heterocycles. The highest BCUT2D eigenvalue weighted by Gasteiger charge is 2.27. The molecule has 1 aliphatic heterocycles. The van der Waals surface area contributed by atoms with Gasteiger partial charge in [-0.2, -0.15) is 0 Å². The van der Waals surface area contributed by atoms with Gasteiger partial charge in [-0.3, -0.25) is 4.79 Å². The molecule has 1 aromatic rings. The van der Waals surface area contributed by atoms with Crippen LogP contribution in [0.5, 0.6) is 0 Å². The van der Waals surface area contributed by atoms with E-state index in [4.69, 9.17) is 0 Å². The standard InChI is InChI=1S/C19H31N3O.ClH/c1-14-13-18(15(2)22(14)17-7-5-4-6-8-17)19(23)21-11-9-16(20-3)10-12-21;/h13,16-17,20H,4-12H2,1-3H3;1H. The maximum Gasteiger partial charge on any atom is 0.255 e. The Morgan fingerprint density at radius 1 is 1.08 bits per heavy atom. The van der Waals surface area contributed by atoms with E-state index >= 15 is 0 Å². The third-order valence-corrected chi connectivity index (χ3v) is 5.85. The van der Waals surface area contributed by atoms with E-state index in [0.717, 1.165) is 31.5 Å². The quantitative estimate of drug-likeness (QED) is 0.896. The summed E-state index contributed by atoms with van der Waals surface area (Å²) in [7, 11) is 2.01. The van der Waals surface area contributed by atoms with Crippen molar-refractivity contribution >= 4 is 18.3 Å². The lowest BCUT2D eigenvalue weighted by atomic mass is 9.95. The Balaban J connectivity index is 0.00000208. The number of nitrogens with zero attached hydrogens (tertiary/aromatic N) is 2. The van der Waals surface area contributed by atoms with Crippen molar-refractivity contribution in [1.82, 2.24) is 14.8 Å². The minimum absolute atomic E-state index is 0. The van der Waals surface area contributed by atoms with E-state index in [9.17, 15) is 4.79 Å². The van der Waals surface area contributed by atoms with Crippen molar-refractivity contribution in [2.75, 3.05) is 20.1 Å². The minimum Gasteiger partial charge on any atom is -0.345 e. The predicted octanol–water partition coefficient (Wildman–Crippen LogP) is 3.86. The van der Waals surface area contributed by atoms with Gasteiger partial charge < -0.3 is 14.8 Å². The van der Waals surface area contributed by atoms with Gasteiger partial charge in [0.15, 0.2) is 0 Å². The van der Waals surface area contributed by atoms with Crippen molar-refractivity contribution in [3.63, 3.8) is 0 Å². The summed E-state index contributed by atoms with van der Waals surface area (Å²) in [6.07, 6.45) is 8.65. The molecule has 1 saturated carbocycles. The molecule has 2 fully saturated rings. The highest BCUT2D eigenvalue weighted by Crippen LogP contribution is 2.32. The molecule has 0 spiro atoms. The molecule has 1 N–H and O–H groups in total. The van der Waals surface area contributed by atoms with Crippen molar-refractivity contribution in [2.45, 2.75) is 70.9 Å². The summed E-state index contributed by atoms with van der Waals surface area (Å²) in [5.41, 5.74) is 3.36. The number of nitrogens with one attached hydrogen (secondary N) is 1. The van der Waals surface area contributed by atoms with Crippen LogP contribution in [0, 0.1) is 13.8 Å². The Labute approximate surface area is 152 Å². The van der Waals surface area contributed by atoms with Crippen LogP contribution < -0.4 is 5.32 Å². The Bertz CT molecular complexity index is 555. The SMILES string of the molecule is CNC1CCN(C(=O)c2cc(C)n(C3CCCCC3)c2C)CC1.Cl. The van der Waals surface area contributed by atoms with Crippen molar-refractivity contribution < 1.29 is 4.79 Å². The average molecular weight is 354 g/mol. The fourth-order valence-electron chi connectivity index (χ4n) is 4.44. The smallest absolute Gasteiger partial charge is 0.255 e. The van der Waals surface area contributed by atoms with Gasteiger partial charge in [-0.25, -0.2) is 0 Å². The predicted molar refractivity (Wildman–Crippen MR) is 101 cm³/mol. The Morgan fingerprint density at radius 2 is 1.71 bits per heavy atom. The molecule has 1 amide bonds. The highest BCUT2D eigenvalue weighted by molar-refractivity contribution is 5.95. The Hall–Kier alpha value is -1.00. The third kappa shape index (κ3) is 3.80. The van der Waals surface area contributed by atoms with Crippen LogP contribution in [0.15, 0.2) is 6.07 Å². The van der Waals surface area contributed by atoms with Gasteiger partial charge in [-0.05, 0) is 52.6 Å². The van der Waals surface area contributed by atoms with E-state index in [1.807, 2.05) is 11.9 Å². The number of aromatic nitrogens is 1. The van der Waals surface area contributed by atoms with E-state index in [-0.39, 0.29) is 18.3 Å². The molecule has 4 nitrogen and oxygen atoms in total. The van der Waals surface area contributed by atoms with Crippen LogP contribution in [0.3, 0.4) is 0 Å². The summed E-state index contributed by atoms with van der Waals surface area (Å²) in [6.45, 7) is 6.04. The van der Waals surface area contributed by atoms with Crippen molar-refractivity contribution in [3.05, 3.63) is 23.0 Å². The zero-order chi connectivity index (χ0) is 16.4. The number of rotatable bonds is 3. The van der Waals surface area contributed by atoms with Crippen LogP contribution in [0.1, 0.15) is 72.7 Å². The molecule has 0 radical (unpaired) electrons. The van der Waals surface area contributed by atoms with Gasteiger partial charge in [0, 0.05) is 36.6 Å². The van der Waals surface area contributed by atoms with Crippen molar-refractivity contribution in [3.8, 4) is 0 Å². The van der Waals surface area contributed by atoms with Gasteiger partial charge in [0.1, 0.15) is 0 Å². The maximum absolute atomic E-state index is 13.0. The molecule has 0 aromatic carbocycles. The molecule has 0 unspecified atom stereocenters. The molecule has 1 aromatic heterocycles. The normalized spacial score (nSPS) is 20.0. The topological polar surface area (TPSA) is 37.3 Å². The molecule has 2 aliphatic rings. The largest absolute Gasteiger partial charge is 0.345 e. The van der Waals surface area contributed by atoms with Gasteiger partial charge in [-0.1, -0.05) is 19.3 Å². The van der Waals surface area contributed by atoms with Gasteiger partial charge in [0.2, 0.25) is 0 Å². The number of carbonyl (C=O) groups excluding carboxylic acids is 1. The number of carbonyl (C=O) groups is 1. The fourth-order valence-corrected chi connectivity index (χ4v) is 4.44. The fraction of sp³-hybridized carbons (Fsp3) is 0.737. The average Bonchev–Trinajstić information content (AvgIpc) is 2.89. The number of aryl methyl sites for hydroxylation is 1. The summed E-state index contributed by atoms with van der Waals surface area (Å²) >= 11 is 0. The molecular formula is C19H32ClN3O. The molecule has 5 heteroatoms. The van der Waals surface area contributed by atoms with Crippen molar-refractivity contribution in [2.24, 2.45) is 0 Å². The van der Waals surface area contributed by atoms with E-state index in [1.165, 1.54) is 43.5 Å². The second-order valence-corrected chi connectivity index (χ2v) is 7.30. The summed E-state index contributed by atoms with van der Waals surface area (Å²) < 4.78 is 2.44. The van der Waals surface area contributed by atoms with E-state index in [1.54, 1.807) is 0 Å². The molecule has 0 bridgehead atoms. The van der Waals surface area contributed by atoms with Crippen LogP contribution in [0.2, 0.25) is 0 Å². The Morgan fingerprint density at radius 3 is 2.29 bits per heavy atom. The molecule has 0 atom stereocenters. The number of hydrogen-bond donors (Lipinski definition) is 1. The highest BCUT2D eigenvalue weighted by atomic mass is 35.5. The van der Waals surface area contributed by atoms with Gasteiger partial charge in [0.25, 0.3) is 5.91 Å². The van der Waals surface area contributed by atoms with Gasteiger partial charge >= 0.3 is 0 Å². The summed E-state index contributed by atoms with van der Waals surface area (Å²) in [5, 5.41) is 3.33. The van der Waals surface area contributed by atoms with Crippen LogP contribution in [0.4, 0.5) is 0 Å². The zero-order valence-electron chi connectivity index (χ0n) is 15.3. The van der Waals surface area contributed by atoms with E-state index in [0.29, 0.717) is 12.1 Å². The first-order valence-electron chi connectivity index (χ1n) is 9.26. The summed E-state index contributed by atoms with van der Waals surface area (Å²) in [4.78, 5) is 15.0. The van der Waals surface area contributed by atoms with Crippen LogP contribution >= 0.6 is 12.4 Å². The van der Waals surface area contributed by atoms with E-state index in [2.05, 4.69) is 29.8 Å². The molecule has 136 valence electrons. The molecule has 1 aliphatic carbocycles. The zero-order valence-corrected chi connectivity index (χ0v) is 16.1. The van der Waals surface area contributed by atoms with Crippen molar-refractivity contribution in [1.29, 1.82) is 0 Å². The second kappa shape index (κ2) is 8.39. The summed E-state index contributed by atoms with van der Waals surface area (Å²) in [6, 6.07) is 3.28. The number of piperidine rings is 1. The summed E-state index contributed by atoms with van der Waals surface area (Å²) in [5.74, 6) is 0.231. The minimum atomic E-state index is 0. The first kappa shape index (κ1) is 19.3. The molecule has 2 heterocycles. The van der Waals surface area contributed by atoms with Gasteiger partial charge in [0.05, 0.1) is 5.56 Å². The lowest BCUT2D eigenvalue weighted by Gasteiger charge is -2.32. The lowest BCUT2D eigenvalue weighted by Crippen LogP contribution is -2.44. The molecule has 3 rings (SSSR count). The second-order valence-electron chi connectivity index (χ2n) is 7.30.